The lowest BCUT2D eigenvalue weighted by atomic mass is 10.3. The van der Waals surface area contributed by atoms with E-state index in [1.165, 1.54) is 6.07 Å². The fourth-order valence-electron chi connectivity index (χ4n) is 1.31. The van der Waals surface area contributed by atoms with Gasteiger partial charge < -0.3 is 5.11 Å². The van der Waals surface area contributed by atoms with Crippen molar-refractivity contribution < 1.29 is 15.0 Å². The van der Waals surface area contributed by atoms with Gasteiger partial charge in [0.05, 0.1) is 20.8 Å². The third-order valence-electron chi connectivity index (χ3n) is 2.13. The van der Waals surface area contributed by atoms with E-state index in [1.54, 1.807) is 0 Å². The molecule has 0 fully saturated rings. The molecule has 2 rings (SSSR count). The highest BCUT2D eigenvalue weighted by Gasteiger charge is 2.21. The van der Waals surface area contributed by atoms with Crippen molar-refractivity contribution in [3.63, 3.8) is 0 Å². The van der Waals surface area contributed by atoms with Gasteiger partial charge in [0.2, 0.25) is 10.4 Å². The first-order valence-corrected chi connectivity index (χ1v) is 6.27. The predicted octanol–water partition coefficient (Wildman–Crippen LogP) is 2.20. The Morgan fingerprint density at radius 2 is 1.86 bits per heavy atom. The number of nitrogens with zero attached hydrogens (tertiary/aromatic N) is 5. The van der Waals surface area contributed by atoms with Crippen LogP contribution >= 0.6 is 23.4 Å². The Kier molecular flexibility index (Phi) is 4.14. The second-order valence-corrected chi connectivity index (χ2v) is 4.80. The summed E-state index contributed by atoms with van der Waals surface area (Å²) >= 11 is 6.25. The van der Waals surface area contributed by atoms with Crippen LogP contribution in [-0.4, -0.2) is 29.9 Å². The van der Waals surface area contributed by atoms with Crippen LogP contribution in [0.4, 0.5) is 11.4 Å². The summed E-state index contributed by atoms with van der Waals surface area (Å²) < 4.78 is 0. The van der Waals surface area contributed by atoms with E-state index in [1.807, 2.05) is 0 Å². The minimum atomic E-state index is -0.766. The Bertz CT molecular complexity index is 722. The normalized spacial score (nSPS) is 10.3. The van der Waals surface area contributed by atoms with Gasteiger partial charge in [-0.1, -0.05) is 0 Å². The second-order valence-electron chi connectivity index (χ2n) is 3.46. The maximum Gasteiger partial charge on any atom is 0.319 e. The van der Waals surface area contributed by atoms with E-state index in [9.17, 15) is 25.3 Å². The van der Waals surface area contributed by atoms with Gasteiger partial charge in [0, 0.05) is 6.07 Å². The number of aromatic hydroxyl groups is 1. The Morgan fingerprint density at radius 1 is 1.14 bits per heavy atom. The van der Waals surface area contributed by atoms with Gasteiger partial charge in [0.25, 0.3) is 11.4 Å². The maximum absolute atomic E-state index is 11.0. The number of hydrogen-bond donors (Lipinski definition) is 1. The highest BCUT2D eigenvalue weighted by molar-refractivity contribution is 7.99. The fourth-order valence-corrected chi connectivity index (χ4v) is 2.35. The Morgan fingerprint density at radius 3 is 2.43 bits per heavy atom. The van der Waals surface area contributed by atoms with Crippen LogP contribution in [0.3, 0.4) is 0 Å². The number of benzene rings is 1. The standard InChI is InChI=1S/C9H4ClN5O5S/c10-7-11-8(16)13-9(12-7)21-6-2-1-4(14(17)18)3-5(6)15(19)20/h1-3H,(H,11,12,13,16). The summed E-state index contributed by atoms with van der Waals surface area (Å²) in [4.78, 5) is 30.7. The minimum absolute atomic E-state index is 0.0623. The molecule has 12 heteroatoms. The van der Waals surface area contributed by atoms with Gasteiger partial charge in [0.15, 0.2) is 0 Å². The highest BCUT2D eigenvalue weighted by Crippen LogP contribution is 2.35. The molecule has 0 saturated heterocycles. The molecule has 1 N–H and O–H groups in total. The lowest BCUT2D eigenvalue weighted by Gasteiger charge is -2.02. The third kappa shape index (κ3) is 3.52. The zero-order chi connectivity index (χ0) is 15.6. The van der Waals surface area contributed by atoms with Crippen LogP contribution in [0, 0.1) is 20.2 Å². The molecule has 0 amide bonds. The van der Waals surface area contributed by atoms with Crippen molar-refractivity contribution in [3.8, 4) is 6.01 Å². The van der Waals surface area contributed by atoms with E-state index in [0.717, 1.165) is 23.9 Å². The molecule has 1 aromatic carbocycles. The quantitative estimate of drug-likeness (QED) is 0.658. The van der Waals surface area contributed by atoms with Crippen LogP contribution in [0.1, 0.15) is 0 Å². The van der Waals surface area contributed by atoms with E-state index in [4.69, 9.17) is 11.6 Å². The first-order valence-electron chi connectivity index (χ1n) is 5.08. The van der Waals surface area contributed by atoms with Crippen molar-refractivity contribution in [2.24, 2.45) is 0 Å². The van der Waals surface area contributed by atoms with Gasteiger partial charge in [-0.25, -0.2) is 0 Å². The molecule has 1 aromatic heterocycles. The molecule has 0 atom stereocenters. The molecule has 1 heterocycles. The monoisotopic (exact) mass is 329 g/mol. The third-order valence-corrected chi connectivity index (χ3v) is 3.23. The maximum atomic E-state index is 11.0. The van der Waals surface area contributed by atoms with Crippen LogP contribution in [0.5, 0.6) is 6.01 Å². The van der Waals surface area contributed by atoms with Crippen molar-refractivity contribution in [3.05, 3.63) is 43.7 Å². The van der Waals surface area contributed by atoms with Gasteiger partial charge in [-0.3, -0.25) is 20.2 Å². The molecule has 10 nitrogen and oxygen atoms in total. The van der Waals surface area contributed by atoms with Gasteiger partial charge >= 0.3 is 6.01 Å². The minimum Gasteiger partial charge on any atom is -0.479 e. The molecular formula is C9H4ClN5O5S. The van der Waals surface area contributed by atoms with E-state index in [0.29, 0.717) is 0 Å². The zero-order valence-corrected chi connectivity index (χ0v) is 11.4. The number of nitro benzene ring substituents is 2. The average molecular weight is 330 g/mol. The number of nitro groups is 2. The summed E-state index contributed by atoms with van der Waals surface area (Å²) in [7, 11) is 0. The van der Waals surface area contributed by atoms with Crippen LogP contribution in [0.15, 0.2) is 28.3 Å². The van der Waals surface area contributed by atoms with Gasteiger partial charge in [-0.15, -0.1) is 0 Å². The molecule has 2 aromatic rings. The van der Waals surface area contributed by atoms with E-state index >= 15 is 0 Å². The van der Waals surface area contributed by atoms with Crippen LogP contribution in [0.25, 0.3) is 0 Å². The molecule has 0 bridgehead atoms. The van der Waals surface area contributed by atoms with E-state index < -0.39 is 27.2 Å². The van der Waals surface area contributed by atoms with Gasteiger partial charge in [0.1, 0.15) is 0 Å². The van der Waals surface area contributed by atoms with Gasteiger partial charge in [-0.05, 0) is 29.4 Å². The number of non-ortho nitro benzene ring substituents is 1. The molecule has 108 valence electrons. The molecule has 0 radical (unpaired) electrons. The van der Waals surface area contributed by atoms with Crippen molar-refractivity contribution in [1.82, 2.24) is 15.0 Å². The van der Waals surface area contributed by atoms with E-state index in [-0.39, 0.29) is 15.3 Å². The first kappa shape index (κ1) is 14.9. The Labute approximate surface area is 125 Å². The number of halogens is 1. The zero-order valence-electron chi connectivity index (χ0n) is 9.83. The van der Waals surface area contributed by atoms with Crippen molar-refractivity contribution in [1.29, 1.82) is 0 Å². The summed E-state index contributed by atoms with van der Waals surface area (Å²) in [5, 5.41) is 30.4. The topological polar surface area (TPSA) is 145 Å². The summed E-state index contributed by atoms with van der Waals surface area (Å²) in [6, 6.07) is 2.49. The summed E-state index contributed by atoms with van der Waals surface area (Å²) in [5.41, 5.74) is -0.896. The number of aromatic nitrogens is 3. The molecular weight excluding hydrogens is 326 g/mol. The summed E-state index contributed by atoms with van der Waals surface area (Å²) in [5.74, 6) is 0. The lowest BCUT2D eigenvalue weighted by Crippen LogP contribution is -1.96. The van der Waals surface area contributed by atoms with Crippen LogP contribution < -0.4 is 0 Å². The SMILES string of the molecule is O=[N+]([O-])c1ccc(Sc2nc(O)nc(Cl)n2)c([N+](=O)[O-])c1. The Balaban J connectivity index is 2.43. The number of rotatable bonds is 4. The number of hydrogen-bond acceptors (Lipinski definition) is 9. The highest BCUT2D eigenvalue weighted by atomic mass is 35.5. The molecule has 21 heavy (non-hydrogen) atoms. The van der Waals surface area contributed by atoms with Crippen LogP contribution in [-0.2, 0) is 0 Å². The first-order chi connectivity index (χ1) is 9.86. The summed E-state index contributed by atoms with van der Waals surface area (Å²) in [6.45, 7) is 0. The van der Waals surface area contributed by atoms with Crippen LogP contribution in [0.2, 0.25) is 5.28 Å². The molecule has 0 aliphatic heterocycles. The molecule has 0 saturated carbocycles. The largest absolute Gasteiger partial charge is 0.479 e. The van der Waals surface area contributed by atoms with E-state index in [2.05, 4.69) is 15.0 Å². The second kappa shape index (κ2) is 5.85. The average Bonchev–Trinajstić information content (AvgIpc) is 2.37. The molecule has 0 aliphatic carbocycles. The summed E-state index contributed by atoms with van der Waals surface area (Å²) in [6.07, 6.45) is 0. The van der Waals surface area contributed by atoms with Crippen molar-refractivity contribution >= 4 is 34.7 Å². The Hall–Kier alpha value is -2.53. The molecule has 0 unspecified atom stereocenters. The smallest absolute Gasteiger partial charge is 0.319 e. The van der Waals surface area contributed by atoms with Crippen molar-refractivity contribution in [2.45, 2.75) is 10.1 Å². The molecule has 0 spiro atoms. The van der Waals surface area contributed by atoms with Gasteiger partial charge in [-0.2, -0.15) is 15.0 Å². The van der Waals surface area contributed by atoms with Crippen molar-refractivity contribution in [2.75, 3.05) is 0 Å². The predicted molar refractivity (Wildman–Crippen MR) is 70.4 cm³/mol. The lowest BCUT2D eigenvalue weighted by molar-refractivity contribution is -0.396. The molecule has 0 aliphatic rings. The fraction of sp³-hybridized carbons (Fsp3) is 0.